The van der Waals surface area contributed by atoms with Crippen molar-refractivity contribution in [2.24, 2.45) is 0 Å². The molecule has 0 saturated carbocycles. The van der Waals surface area contributed by atoms with Crippen LogP contribution in [0.1, 0.15) is 18.0 Å². The molecule has 0 bridgehead atoms. The number of aryl methyl sites for hydroxylation is 1. The van der Waals surface area contributed by atoms with Crippen molar-refractivity contribution in [1.82, 2.24) is 24.6 Å². The molecule has 1 atom stereocenters. The van der Waals surface area contributed by atoms with E-state index in [4.69, 9.17) is 0 Å². The lowest BCUT2D eigenvalue weighted by atomic mass is 10.1. The highest BCUT2D eigenvalue weighted by Crippen LogP contribution is 2.15. The second-order valence-electron chi connectivity index (χ2n) is 5.31. The molecule has 0 saturated heterocycles. The SMILES string of the molecule is O=C(CCn1cccn1)NC(Cn1ccnc1)c1ccccc1. The van der Waals surface area contributed by atoms with Crippen molar-refractivity contribution >= 4 is 5.91 Å². The third-order valence-corrected chi connectivity index (χ3v) is 3.62. The Hall–Kier alpha value is -2.89. The molecule has 3 aromatic rings. The minimum atomic E-state index is -0.0875. The summed E-state index contributed by atoms with van der Waals surface area (Å²) in [5, 5.41) is 7.22. The first-order valence-electron chi connectivity index (χ1n) is 7.59. The Morgan fingerprint density at radius 2 is 2.00 bits per heavy atom. The quantitative estimate of drug-likeness (QED) is 0.726. The summed E-state index contributed by atoms with van der Waals surface area (Å²) in [6.45, 7) is 1.23. The van der Waals surface area contributed by atoms with Gasteiger partial charge >= 0.3 is 0 Å². The van der Waals surface area contributed by atoms with E-state index in [-0.39, 0.29) is 11.9 Å². The predicted octanol–water partition coefficient (Wildman–Crippen LogP) is 2.03. The molecule has 23 heavy (non-hydrogen) atoms. The zero-order valence-corrected chi connectivity index (χ0v) is 12.7. The van der Waals surface area contributed by atoms with Gasteiger partial charge in [0.05, 0.1) is 12.4 Å². The molecule has 118 valence electrons. The summed E-state index contributed by atoms with van der Waals surface area (Å²) in [6, 6.07) is 11.7. The third-order valence-electron chi connectivity index (χ3n) is 3.62. The molecule has 3 rings (SSSR count). The smallest absolute Gasteiger partial charge is 0.222 e. The molecular weight excluding hydrogens is 290 g/mol. The lowest BCUT2D eigenvalue weighted by Gasteiger charge is -2.20. The zero-order valence-electron chi connectivity index (χ0n) is 12.7. The molecule has 2 heterocycles. The molecule has 0 spiro atoms. The standard InChI is InChI=1S/C17H19N5O/c23-17(7-11-22-10-4-8-19-22)20-16(13-21-12-9-18-14-21)15-5-2-1-3-6-15/h1-6,8-10,12,14,16H,7,11,13H2,(H,20,23). The van der Waals surface area contributed by atoms with Crippen LogP contribution < -0.4 is 5.32 Å². The van der Waals surface area contributed by atoms with E-state index in [1.54, 1.807) is 23.4 Å². The molecule has 0 aliphatic heterocycles. The van der Waals surface area contributed by atoms with Crippen molar-refractivity contribution in [1.29, 1.82) is 0 Å². The highest BCUT2D eigenvalue weighted by atomic mass is 16.1. The summed E-state index contributed by atoms with van der Waals surface area (Å²) < 4.78 is 3.72. The summed E-state index contributed by atoms with van der Waals surface area (Å²) >= 11 is 0. The van der Waals surface area contributed by atoms with Gasteiger partial charge in [-0.3, -0.25) is 9.48 Å². The van der Waals surface area contributed by atoms with Gasteiger partial charge in [-0.05, 0) is 11.6 Å². The van der Waals surface area contributed by atoms with Gasteiger partial charge in [0, 0.05) is 44.3 Å². The minimum absolute atomic E-state index is 0.00877. The number of carbonyl (C=O) groups excluding carboxylic acids is 1. The van der Waals surface area contributed by atoms with Gasteiger partial charge in [0.2, 0.25) is 5.91 Å². The van der Waals surface area contributed by atoms with Crippen LogP contribution in [0.25, 0.3) is 0 Å². The molecule has 0 fully saturated rings. The highest BCUT2D eigenvalue weighted by Gasteiger charge is 2.15. The maximum Gasteiger partial charge on any atom is 0.222 e. The number of carbonyl (C=O) groups is 1. The van der Waals surface area contributed by atoms with Crippen LogP contribution in [0.5, 0.6) is 0 Å². The first kappa shape index (κ1) is 15.0. The fourth-order valence-corrected chi connectivity index (χ4v) is 2.44. The number of benzene rings is 1. The van der Waals surface area contributed by atoms with Crippen molar-refractivity contribution in [3.8, 4) is 0 Å². The van der Waals surface area contributed by atoms with Crippen molar-refractivity contribution in [3.05, 3.63) is 73.1 Å². The summed E-state index contributed by atoms with van der Waals surface area (Å²) in [5.41, 5.74) is 1.08. The molecular formula is C17H19N5O. The monoisotopic (exact) mass is 309 g/mol. The first-order valence-corrected chi connectivity index (χ1v) is 7.59. The average molecular weight is 309 g/mol. The predicted molar refractivity (Wildman–Crippen MR) is 86.4 cm³/mol. The second kappa shape index (κ2) is 7.40. The van der Waals surface area contributed by atoms with E-state index in [9.17, 15) is 4.79 Å². The molecule has 1 aromatic carbocycles. The Kier molecular flexibility index (Phi) is 4.83. The fourth-order valence-electron chi connectivity index (χ4n) is 2.44. The summed E-state index contributed by atoms with van der Waals surface area (Å²) in [5.74, 6) is 0.00877. The molecule has 1 unspecified atom stereocenters. The molecule has 1 N–H and O–H groups in total. The normalized spacial score (nSPS) is 12.0. The van der Waals surface area contributed by atoms with E-state index in [1.807, 2.05) is 53.4 Å². The number of nitrogens with zero attached hydrogens (tertiary/aromatic N) is 4. The van der Waals surface area contributed by atoms with Gasteiger partial charge in [-0.25, -0.2) is 4.98 Å². The fraction of sp³-hybridized carbons (Fsp3) is 0.235. The zero-order chi connectivity index (χ0) is 15.9. The Labute approximate surface area is 134 Å². The number of hydrogen-bond donors (Lipinski definition) is 1. The van der Waals surface area contributed by atoms with Crippen molar-refractivity contribution in [2.75, 3.05) is 0 Å². The van der Waals surface area contributed by atoms with E-state index in [0.717, 1.165) is 5.56 Å². The Morgan fingerprint density at radius 3 is 2.70 bits per heavy atom. The maximum absolute atomic E-state index is 12.3. The van der Waals surface area contributed by atoms with Crippen molar-refractivity contribution < 1.29 is 4.79 Å². The van der Waals surface area contributed by atoms with E-state index in [2.05, 4.69) is 15.4 Å². The van der Waals surface area contributed by atoms with Crippen molar-refractivity contribution in [2.45, 2.75) is 25.6 Å². The second-order valence-corrected chi connectivity index (χ2v) is 5.31. The van der Waals surface area contributed by atoms with Gasteiger partial charge in [0.15, 0.2) is 0 Å². The van der Waals surface area contributed by atoms with Crippen LogP contribution in [-0.4, -0.2) is 25.2 Å². The van der Waals surface area contributed by atoms with E-state index in [1.165, 1.54) is 0 Å². The first-order chi connectivity index (χ1) is 11.3. The van der Waals surface area contributed by atoms with E-state index >= 15 is 0 Å². The van der Waals surface area contributed by atoms with Gasteiger partial charge in [-0.1, -0.05) is 30.3 Å². The summed E-state index contributed by atoms with van der Waals surface area (Å²) in [6.07, 6.45) is 9.35. The molecule has 6 nitrogen and oxygen atoms in total. The van der Waals surface area contributed by atoms with Crippen LogP contribution in [0.3, 0.4) is 0 Å². The molecule has 1 amide bonds. The number of nitrogens with one attached hydrogen (secondary N) is 1. The maximum atomic E-state index is 12.3. The summed E-state index contributed by atoms with van der Waals surface area (Å²) in [7, 11) is 0. The van der Waals surface area contributed by atoms with Crippen LogP contribution in [0, 0.1) is 0 Å². The number of rotatable bonds is 7. The summed E-state index contributed by atoms with van der Waals surface area (Å²) in [4.78, 5) is 16.3. The number of aromatic nitrogens is 4. The van der Waals surface area contributed by atoms with Gasteiger partial charge in [-0.2, -0.15) is 5.10 Å². The Morgan fingerprint density at radius 1 is 1.13 bits per heavy atom. The van der Waals surface area contributed by atoms with Crippen molar-refractivity contribution in [3.63, 3.8) is 0 Å². The largest absolute Gasteiger partial charge is 0.347 e. The Balaban J connectivity index is 1.64. The highest BCUT2D eigenvalue weighted by molar-refractivity contribution is 5.76. The van der Waals surface area contributed by atoms with Gasteiger partial charge in [-0.15, -0.1) is 0 Å². The Bertz CT molecular complexity index is 707. The lowest BCUT2D eigenvalue weighted by molar-refractivity contribution is -0.122. The van der Waals surface area contributed by atoms with Gasteiger partial charge in [0.1, 0.15) is 0 Å². The van der Waals surface area contributed by atoms with Crippen LogP contribution >= 0.6 is 0 Å². The molecule has 0 aliphatic rings. The van der Waals surface area contributed by atoms with Gasteiger partial charge in [0.25, 0.3) is 0 Å². The van der Waals surface area contributed by atoms with E-state index in [0.29, 0.717) is 19.5 Å². The van der Waals surface area contributed by atoms with Crippen LogP contribution in [0.15, 0.2) is 67.5 Å². The van der Waals surface area contributed by atoms with Crippen LogP contribution in [0.4, 0.5) is 0 Å². The average Bonchev–Trinajstić information content (AvgIpc) is 3.27. The molecule has 6 heteroatoms. The molecule has 2 aromatic heterocycles. The third kappa shape index (κ3) is 4.29. The van der Waals surface area contributed by atoms with Gasteiger partial charge < -0.3 is 9.88 Å². The topological polar surface area (TPSA) is 64.7 Å². The number of hydrogen-bond acceptors (Lipinski definition) is 3. The number of imidazole rings is 1. The molecule has 0 radical (unpaired) electrons. The van der Waals surface area contributed by atoms with Crippen LogP contribution in [-0.2, 0) is 17.9 Å². The molecule has 0 aliphatic carbocycles. The lowest BCUT2D eigenvalue weighted by Crippen LogP contribution is -2.31. The van der Waals surface area contributed by atoms with Crippen LogP contribution in [0.2, 0.25) is 0 Å². The number of amides is 1. The minimum Gasteiger partial charge on any atom is -0.347 e. The van der Waals surface area contributed by atoms with E-state index < -0.39 is 0 Å².